The first kappa shape index (κ1) is 17.8. The van der Waals surface area contributed by atoms with Crippen LogP contribution in [-0.2, 0) is 26.3 Å². The summed E-state index contributed by atoms with van der Waals surface area (Å²) in [4.78, 5) is 15.2. The maximum atomic E-state index is 11.7. The van der Waals surface area contributed by atoms with Crippen LogP contribution in [0, 0.1) is 0 Å². The van der Waals surface area contributed by atoms with E-state index in [2.05, 4.69) is 4.99 Å². The van der Waals surface area contributed by atoms with Gasteiger partial charge in [0, 0.05) is 5.57 Å². The van der Waals surface area contributed by atoms with Crippen molar-refractivity contribution in [1.82, 2.24) is 0 Å². The van der Waals surface area contributed by atoms with E-state index in [4.69, 9.17) is 20.8 Å². The SMILES string of the molecule is CS(=O)(=O)O.NC(N)=NC(=O)C1=Cc2ccccc2COC1. The molecule has 0 atom stereocenters. The number of carbonyl (C=O) groups is 1. The topological polar surface area (TPSA) is 145 Å². The predicted octanol–water partition coefficient (Wildman–Crippen LogP) is -0.0958. The van der Waals surface area contributed by atoms with Gasteiger partial charge in [0.15, 0.2) is 5.96 Å². The monoisotopic (exact) mass is 327 g/mol. The van der Waals surface area contributed by atoms with Crippen LogP contribution in [0.4, 0.5) is 0 Å². The minimum absolute atomic E-state index is 0.213. The molecule has 0 bridgehead atoms. The lowest BCUT2D eigenvalue weighted by atomic mass is 10.1. The maximum Gasteiger partial charge on any atom is 0.278 e. The fraction of sp³-hybridized carbons (Fsp3) is 0.231. The lowest BCUT2D eigenvalue weighted by Gasteiger charge is -2.01. The zero-order chi connectivity index (χ0) is 16.8. The highest BCUT2D eigenvalue weighted by atomic mass is 32.2. The van der Waals surface area contributed by atoms with Crippen LogP contribution in [0.5, 0.6) is 0 Å². The Labute approximate surface area is 128 Å². The fourth-order valence-corrected chi connectivity index (χ4v) is 1.62. The van der Waals surface area contributed by atoms with Gasteiger partial charge in [-0.25, -0.2) is 0 Å². The van der Waals surface area contributed by atoms with Crippen LogP contribution in [0.15, 0.2) is 34.8 Å². The molecule has 8 nitrogen and oxygen atoms in total. The number of rotatable bonds is 1. The Kier molecular flexibility index (Phi) is 6.23. The second-order valence-corrected chi connectivity index (χ2v) is 5.90. The first-order chi connectivity index (χ1) is 10.2. The molecule has 0 saturated heterocycles. The van der Waals surface area contributed by atoms with Crippen molar-refractivity contribution < 1.29 is 22.5 Å². The molecule has 0 fully saturated rings. The summed E-state index contributed by atoms with van der Waals surface area (Å²) in [6.45, 7) is 0.690. The molecule has 5 N–H and O–H groups in total. The molecule has 1 heterocycles. The van der Waals surface area contributed by atoms with Crippen molar-refractivity contribution in [3.63, 3.8) is 0 Å². The third-order valence-electron chi connectivity index (χ3n) is 2.41. The van der Waals surface area contributed by atoms with E-state index >= 15 is 0 Å². The number of aliphatic imine (C=N–C) groups is 1. The van der Waals surface area contributed by atoms with Gasteiger partial charge >= 0.3 is 0 Å². The summed E-state index contributed by atoms with van der Waals surface area (Å²) in [5, 5.41) is 0. The minimum Gasteiger partial charge on any atom is -0.372 e. The molecule has 1 aliphatic rings. The lowest BCUT2D eigenvalue weighted by molar-refractivity contribution is -0.114. The molecule has 0 radical (unpaired) electrons. The standard InChI is InChI=1S/C12H13N3O2.CH4O3S/c13-12(14)15-11(16)10-5-8-3-1-2-4-9(8)6-17-7-10;1-5(2,3)4/h1-5H,6-7H2,(H4,13,14,15,16);1H3,(H,2,3,4). The Morgan fingerprint density at radius 3 is 2.45 bits per heavy atom. The third kappa shape index (κ3) is 6.97. The molecule has 0 aliphatic carbocycles. The average Bonchev–Trinajstić information content (AvgIpc) is 2.57. The number of ether oxygens (including phenoxy) is 1. The number of amides is 1. The van der Waals surface area contributed by atoms with Gasteiger partial charge in [-0.3, -0.25) is 9.35 Å². The van der Waals surface area contributed by atoms with Gasteiger partial charge < -0.3 is 16.2 Å². The molecule has 0 saturated carbocycles. The van der Waals surface area contributed by atoms with Crippen molar-refractivity contribution in [3.05, 3.63) is 41.0 Å². The summed E-state index contributed by atoms with van der Waals surface area (Å²) in [6.07, 6.45) is 2.48. The Balaban J connectivity index is 0.000000422. The van der Waals surface area contributed by atoms with Gasteiger partial charge in [0.25, 0.3) is 16.0 Å². The predicted molar refractivity (Wildman–Crippen MR) is 82.4 cm³/mol. The number of fused-ring (bicyclic) bond motifs is 1. The summed E-state index contributed by atoms with van der Waals surface area (Å²) >= 11 is 0. The van der Waals surface area contributed by atoms with E-state index in [1.165, 1.54) is 0 Å². The number of hydrogen-bond acceptors (Lipinski definition) is 4. The van der Waals surface area contributed by atoms with E-state index in [0.717, 1.165) is 11.1 Å². The minimum atomic E-state index is -3.67. The van der Waals surface area contributed by atoms with Gasteiger partial charge in [-0.1, -0.05) is 24.3 Å². The van der Waals surface area contributed by atoms with Crippen molar-refractivity contribution in [3.8, 4) is 0 Å². The van der Waals surface area contributed by atoms with E-state index in [9.17, 15) is 13.2 Å². The number of nitrogens with zero attached hydrogens (tertiary/aromatic N) is 1. The van der Waals surface area contributed by atoms with Gasteiger partial charge in [0.1, 0.15) is 0 Å². The Hall–Kier alpha value is -2.23. The summed E-state index contributed by atoms with van der Waals surface area (Å²) in [5.41, 5.74) is 12.8. The third-order valence-corrected chi connectivity index (χ3v) is 2.41. The van der Waals surface area contributed by atoms with Crippen molar-refractivity contribution >= 4 is 28.1 Å². The fourth-order valence-electron chi connectivity index (χ4n) is 1.62. The highest BCUT2D eigenvalue weighted by Gasteiger charge is 2.14. The molecule has 120 valence electrons. The molecular weight excluding hydrogens is 310 g/mol. The number of nitrogens with two attached hydrogens (primary N) is 2. The quantitative estimate of drug-likeness (QED) is 0.371. The van der Waals surface area contributed by atoms with Gasteiger partial charge in [-0.2, -0.15) is 13.4 Å². The van der Waals surface area contributed by atoms with Gasteiger partial charge in [-0.05, 0) is 17.2 Å². The van der Waals surface area contributed by atoms with Crippen molar-refractivity contribution in [2.24, 2.45) is 16.5 Å². The summed E-state index contributed by atoms with van der Waals surface area (Å²) in [5.74, 6) is -0.699. The normalized spacial score (nSPS) is 13.6. The Bertz CT molecular complexity index is 698. The summed E-state index contributed by atoms with van der Waals surface area (Å²) in [7, 11) is -3.67. The van der Waals surface area contributed by atoms with Crippen molar-refractivity contribution in [2.45, 2.75) is 6.61 Å². The van der Waals surface area contributed by atoms with Crippen LogP contribution in [0.1, 0.15) is 11.1 Å². The van der Waals surface area contributed by atoms with Crippen LogP contribution in [0.3, 0.4) is 0 Å². The van der Waals surface area contributed by atoms with Gasteiger partial charge in [0.2, 0.25) is 0 Å². The highest BCUT2D eigenvalue weighted by molar-refractivity contribution is 7.85. The molecule has 1 aliphatic heterocycles. The lowest BCUT2D eigenvalue weighted by Crippen LogP contribution is -2.25. The molecular formula is C13H17N3O5S. The Morgan fingerprint density at radius 2 is 1.86 bits per heavy atom. The van der Waals surface area contributed by atoms with E-state index in [0.29, 0.717) is 18.4 Å². The molecule has 2 rings (SSSR count). The first-order valence-corrected chi connectivity index (χ1v) is 7.94. The van der Waals surface area contributed by atoms with Gasteiger partial charge in [-0.15, -0.1) is 0 Å². The smallest absolute Gasteiger partial charge is 0.278 e. The molecule has 0 unspecified atom stereocenters. The van der Waals surface area contributed by atoms with Crippen LogP contribution in [-0.4, -0.2) is 37.7 Å². The van der Waals surface area contributed by atoms with Crippen LogP contribution in [0.25, 0.3) is 6.08 Å². The average molecular weight is 327 g/mol. The molecule has 1 aromatic carbocycles. The molecule has 0 spiro atoms. The van der Waals surface area contributed by atoms with Crippen molar-refractivity contribution in [1.29, 1.82) is 0 Å². The molecule has 1 aromatic rings. The molecule has 9 heteroatoms. The molecule has 1 amide bonds. The number of guanidine groups is 1. The highest BCUT2D eigenvalue weighted by Crippen LogP contribution is 2.19. The van der Waals surface area contributed by atoms with Crippen LogP contribution < -0.4 is 11.5 Å². The maximum absolute atomic E-state index is 11.7. The van der Waals surface area contributed by atoms with Crippen LogP contribution in [0.2, 0.25) is 0 Å². The molecule has 22 heavy (non-hydrogen) atoms. The zero-order valence-corrected chi connectivity index (χ0v) is 12.7. The number of benzene rings is 1. The summed E-state index contributed by atoms with van der Waals surface area (Å²) < 4.78 is 31.3. The van der Waals surface area contributed by atoms with Crippen molar-refractivity contribution in [2.75, 3.05) is 12.9 Å². The number of hydrogen-bond donors (Lipinski definition) is 3. The van der Waals surface area contributed by atoms with E-state index in [1.807, 2.05) is 24.3 Å². The largest absolute Gasteiger partial charge is 0.372 e. The van der Waals surface area contributed by atoms with Gasteiger partial charge in [0.05, 0.1) is 19.5 Å². The Morgan fingerprint density at radius 1 is 1.27 bits per heavy atom. The summed E-state index contributed by atoms with van der Waals surface area (Å²) in [6, 6.07) is 7.72. The second kappa shape index (κ2) is 7.69. The van der Waals surface area contributed by atoms with E-state index in [1.54, 1.807) is 6.08 Å². The number of carbonyl (C=O) groups excluding carboxylic acids is 1. The first-order valence-electron chi connectivity index (χ1n) is 6.09. The second-order valence-electron chi connectivity index (χ2n) is 4.44. The van der Waals surface area contributed by atoms with E-state index in [-0.39, 0.29) is 12.6 Å². The van der Waals surface area contributed by atoms with E-state index < -0.39 is 16.0 Å². The zero-order valence-electron chi connectivity index (χ0n) is 11.9. The van der Waals surface area contributed by atoms with Crippen LogP contribution >= 0.6 is 0 Å². The molecule has 0 aromatic heterocycles.